The van der Waals surface area contributed by atoms with E-state index in [4.69, 9.17) is 14.5 Å². The van der Waals surface area contributed by atoms with Gasteiger partial charge in [0.1, 0.15) is 12.4 Å². The van der Waals surface area contributed by atoms with Gasteiger partial charge in [0.05, 0.1) is 24.1 Å². The molecule has 3 aromatic rings. The van der Waals surface area contributed by atoms with Crippen molar-refractivity contribution in [3.05, 3.63) is 66.2 Å². The van der Waals surface area contributed by atoms with E-state index in [1.807, 2.05) is 48.7 Å². The second-order valence-corrected chi connectivity index (χ2v) is 8.48. The van der Waals surface area contributed by atoms with Gasteiger partial charge in [-0.3, -0.25) is 9.78 Å². The van der Waals surface area contributed by atoms with Crippen molar-refractivity contribution in [1.82, 2.24) is 20.3 Å². The van der Waals surface area contributed by atoms with Crippen LogP contribution in [-0.2, 0) is 20.8 Å². The van der Waals surface area contributed by atoms with Crippen LogP contribution in [0.25, 0.3) is 22.5 Å². The largest absolute Gasteiger partial charge is 0.376 e. The monoisotopic (exact) mass is 446 g/mol. The molecule has 172 valence electrons. The van der Waals surface area contributed by atoms with Crippen LogP contribution in [0.15, 0.2) is 54.9 Å². The molecule has 7 nitrogen and oxygen atoms in total. The molecule has 2 aromatic heterocycles. The SMILES string of the molecule is CC(C)c1ncc(-c2ccccn2)c(-c2ccc(CNC(=O)COC[C@H]3CCCO3)cc2)n1. The first-order chi connectivity index (χ1) is 16.1. The summed E-state index contributed by atoms with van der Waals surface area (Å²) in [4.78, 5) is 25.9. The van der Waals surface area contributed by atoms with Gasteiger partial charge in [0.2, 0.25) is 5.91 Å². The van der Waals surface area contributed by atoms with E-state index in [1.165, 1.54) is 0 Å². The van der Waals surface area contributed by atoms with Gasteiger partial charge in [-0.25, -0.2) is 9.97 Å². The van der Waals surface area contributed by atoms with Crippen molar-refractivity contribution in [2.45, 2.75) is 45.3 Å². The number of benzene rings is 1. The molecule has 1 aliphatic heterocycles. The summed E-state index contributed by atoms with van der Waals surface area (Å²) >= 11 is 0. The van der Waals surface area contributed by atoms with Gasteiger partial charge in [0.25, 0.3) is 0 Å². The molecule has 0 saturated carbocycles. The van der Waals surface area contributed by atoms with Crippen molar-refractivity contribution in [3.63, 3.8) is 0 Å². The first kappa shape index (κ1) is 23.0. The van der Waals surface area contributed by atoms with Crippen molar-refractivity contribution >= 4 is 5.91 Å². The van der Waals surface area contributed by atoms with E-state index >= 15 is 0 Å². The second-order valence-electron chi connectivity index (χ2n) is 8.48. The van der Waals surface area contributed by atoms with Gasteiger partial charge in [0.15, 0.2) is 0 Å². The van der Waals surface area contributed by atoms with E-state index in [-0.39, 0.29) is 24.5 Å². The zero-order chi connectivity index (χ0) is 23.0. The van der Waals surface area contributed by atoms with E-state index in [2.05, 4.69) is 29.1 Å². The van der Waals surface area contributed by atoms with Gasteiger partial charge in [-0.15, -0.1) is 0 Å². The highest BCUT2D eigenvalue weighted by Crippen LogP contribution is 2.30. The lowest BCUT2D eigenvalue weighted by Gasteiger charge is -2.13. The Morgan fingerprint density at radius 3 is 2.73 bits per heavy atom. The Morgan fingerprint density at radius 2 is 2.03 bits per heavy atom. The lowest BCUT2D eigenvalue weighted by Crippen LogP contribution is -2.28. The van der Waals surface area contributed by atoms with Gasteiger partial charge in [0, 0.05) is 42.6 Å². The molecule has 1 amide bonds. The van der Waals surface area contributed by atoms with Gasteiger partial charge in [-0.05, 0) is 30.5 Å². The predicted molar refractivity (Wildman–Crippen MR) is 126 cm³/mol. The van der Waals surface area contributed by atoms with Crippen molar-refractivity contribution < 1.29 is 14.3 Å². The molecule has 0 radical (unpaired) electrons. The van der Waals surface area contributed by atoms with Crippen LogP contribution in [0.2, 0.25) is 0 Å². The summed E-state index contributed by atoms with van der Waals surface area (Å²) in [5.74, 6) is 0.884. The van der Waals surface area contributed by atoms with Gasteiger partial charge in [-0.1, -0.05) is 44.2 Å². The standard InChI is InChI=1S/C26H30N4O3/c1-18(2)26-29-15-22(23-7-3-4-12-27-23)25(30-26)20-10-8-19(9-11-20)14-28-24(31)17-32-16-21-6-5-13-33-21/h3-4,7-12,15,18,21H,5-6,13-14,16-17H2,1-2H3,(H,28,31)/t21-/m1/s1. The van der Waals surface area contributed by atoms with Crippen LogP contribution in [0.5, 0.6) is 0 Å². The number of nitrogens with zero attached hydrogens (tertiary/aromatic N) is 3. The molecular weight excluding hydrogens is 416 g/mol. The normalized spacial score (nSPS) is 15.7. The zero-order valence-electron chi connectivity index (χ0n) is 19.2. The lowest BCUT2D eigenvalue weighted by atomic mass is 10.0. The molecule has 3 heterocycles. The number of amides is 1. The number of ether oxygens (including phenoxy) is 2. The molecule has 0 unspecified atom stereocenters. The number of carbonyl (C=O) groups is 1. The van der Waals surface area contributed by atoms with Crippen molar-refractivity contribution in [2.75, 3.05) is 19.8 Å². The summed E-state index contributed by atoms with van der Waals surface area (Å²) in [6.07, 6.45) is 5.81. The topological polar surface area (TPSA) is 86.2 Å². The van der Waals surface area contributed by atoms with E-state index in [1.54, 1.807) is 6.20 Å². The first-order valence-electron chi connectivity index (χ1n) is 11.4. The third-order valence-electron chi connectivity index (χ3n) is 5.54. The third kappa shape index (κ3) is 6.21. The number of pyridine rings is 1. The van der Waals surface area contributed by atoms with Crippen LogP contribution >= 0.6 is 0 Å². The highest BCUT2D eigenvalue weighted by Gasteiger charge is 2.16. The molecule has 33 heavy (non-hydrogen) atoms. The third-order valence-corrected chi connectivity index (χ3v) is 5.54. The van der Waals surface area contributed by atoms with E-state index in [0.29, 0.717) is 13.2 Å². The van der Waals surface area contributed by atoms with Gasteiger partial charge >= 0.3 is 0 Å². The molecule has 0 aliphatic carbocycles. The Labute approximate surface area is 194 Å². The maximum atomic E-state index is 12.1. The molecule has 0 bridgehead atoms. The maximum absolute atomic E-state index is 12.1. The minimum absolute atomic E-state index is 0.0459. The Balaban J connectivity index is 1.41. The van der Waals surface area contributed by atoms with Crippen LogP contribution in [0.3, 0.4) is 0 Å². The number of rotatable bonds is 9. The Morgan fingerprint density at radius 1 is 1.18 bits per heavy atom. The molecule has 4 rings (SSSR count). The van der Waals surface area contributed by atoms with E-state index in [0.717, 1.165) is 53.4 Å². The zero-order valence-corrected chi connectivity index (χ0v) is 19.2. The maximum Gasteiger partial charge on any atom is 0.246 e. The molecule has 1 N–H and O–H groups in total. The Hall–Kier alpha value is -3.16. The molecule has 1 aromatic carbocycles. The molecular formula is C26H30N4O3. The first-order valence-corrected chi connectivity index (χ1v) is 11.4. The van der Waals surface area contributed by atoms with E-state index < -0.39 is 0 Å². The van der Waals surface area contributed by atoms with Crippen LogP contribution < -0.4 is 5.32 Å². The lowest BCUT2D eigenvalue weighted by molar-refractivity contribution is -0.127. The van der Waals surface area contributed by atoms with Gasteiger partial charge < -0.3 is 14.8 Å². The van der Waals surface area contributed by atoms with Gasteiger partial charge in [-0.2, -0.15) is 0 Å². The fourth-order valence-corrected chi connectivity index (χ4v) is 3.69. The Kier molecular flexibility index (Phi) is 7.75. The van der Waals surface area contributed by atoms with Crippen molar-refractivity contribution in [1.29, 1.82) is 0 Å². The summed E-state index contributed by atoms with van der Waals surface area (Å²) in [5.41, 5.74) is 4.57. The molecule has 1 saturated heterocycles. The number of hydrogen-bond acceptors (Lipinski definition) is 6. The van der Waals surface area contributed by atoms with Crippen LogP contribution in [-0.4, -0.2) is 46.8 Å². The summed E-state index contributed by atoms with van der Waals surface area (Å²) < 4.78 is 11.0. The number of nitrogens with one attached hydrogen (secondary N) is 1. The minimum Gasteiger partial charge on any atom is -0.376 e. The number of carbonyl (C=O) groups excluding carboxylic acids is 1. The van der Waals surface area contributed by atoms with Crippen LogP contribution in [0.1, 0.15) is 44.0 Å². The number of hydrogen-bond donors (Lipinski definition) is 1. The molecule has 1 fully saturated rings. The molecule has 0 spiro atoms. The van der Waals surface area contributed by atoms with Crippen LogP contribution in [0.4, 0.5) is 0 Å². The average molecular weight is 447 g/mol. The van der Waals surface area contributed by atoms with Crippen molar-refractivity contribution in [2.24, 2.45) is 0 Å². The minimum atomic E-state index is -0.133. The summed E-state index contributed by atoms with van der Waals surface area (Å²) in [7, 11) is 0. The molecule has 1 atom stereocenters. The van der Waals surface area contributed by atoms with E-state index in [9.17, 15) is 4.79 Å². The second kappa shape index (κ2) is 11.1. The molecule has 7 heteroatoms. The summed E-state index contributed by atoms with van der Waals surface area (Å²) in [6.45, 7) is 5.90. The predicted octanol–water partition coefficient (Wildman–Crippen LogP) is 4.14. The highest BCUT2D eigenvalue weighted by atomic mass is 16.5. The molecule has 1 aliphatic rings. The fourth-order valence-electron chi connectivity index (χ4n) is 3.69. The highest BCUT2D eigenvalue weighted by molar-refractivity contribution is 5.79. The van der Waals surface area contributed by atoms with Crippen LogP contribution in [0, 0.1) is 0 Å². The quantitative estimate of drug-likeness (QED) is 0.532. The smallest absolute Gasteiger partial charge is 0.246 e. The summed E-state index contributed by atoms with van der Waals surface area (Å²) in [5, 5.41) is 2.90. The van der Waals surface area contributed by atoms with Crippen molar-refractivity contribution in [3.8, 4) is 22.5 Å². The number of aromatic nitrogens is 3. The fraction of sp³-hybridized carbons (Fsp3) is 0.385. The Bertz CT molecular complexity index is 1050. The summed E-state index contributed by atoms with van der Waals surface area (Å²) in [6, 6.07) is 13.9. The average Bonchev–Trinajstić information content (AvgIpc) is 3.37.